The van der Waals surface area contributed by atoms with E-state index in [2.05, 4.69) is 18.7 Å². The molecule has 0 heterocycles. The fourth-order valence-corrected chi connectivity index (χ4v) is 3.43. The number of rotatable bonds is 7. The molecule has 0 N–H and O–H groups in total. The van der Waals surface area contributed by atoms with Crippen molar-refractivity contribution in [1.29, 1.82) is 0 Å². The number of hydrogen-bond acceptors (Lipinski definition) is 2. The second-order valence-corrected chi connectivity index (χ2v) is 5.68. The summed E-state index contributed by atoms with van der Waals surface area (Å²) in [4.78, 5) is 15.3. The molecule has 1 aromatic carbocycles. The van der Waals surface area contributed by atoms with Crippen LogP contribution in [0, 0.1) is 19.7 Å². The van der Waals surface area contributed by atoms with Crippen LogP contribution in [0.3, 0.4) is 0 Å². The highest BCUT2D eigenvalue weighted by atomic mass is 19.1. The van der Waals surface area contributed by atoms with Gasteiger partial charge in [0, 0.05) is 0 Å². The monoisotopic (exact) mass is 293 g/mol. The average Bonchev–Trinajstić information content (AvgIpc) is 2.43. The van der Waals surface area contributed by atoms with Crippen LogP contribution in [0.25, 0.3) is 0 Å². The van der Waals surface area contributed by atoms with E-state index in [1.54, 1.807) is 0 Å². The minimum absolute atomic E-state index is 0.0776. The van der Waals surface area contributed by atoms with Gasteiger partial charge in [0.25, 0.3) is 0 Å². The first-order chi connectivity index (χ1) is 9.87. The molecular formula is C18H28FNO. The first kappa shape index (κ1) is 17.8. The Bertz CT molecular complexity index is 479. The van der Waals surface area contributed by atoms with Crippen LogP contribution in [-0.4, -0.2) is 29.3 Å². The van der Waals surface area contributed by atoms with E-state index < -0.39 is 11.4 Å². The summed E-state index contributed by atoms with van der Waals surface area (Å²) < 4.78 is 14.4. The van der Waals surface area contributed by atoms with Gasteiger partial charge in [0.1, 0.15) is 5.82 Å². The summed E-state index contributed by atoms with van der Waals surface area (Å²) in [5.41, 5.74) is 1.24. The Hall–Kier alpha value is -1.22. The van der Waals surface area contributed by atoms with Crippen molar-refractivity contribution in [3.05, 3.63) is 34.6 Å². The summed E-state index contributed by atoms with van der Waals surface area (Å²) in [5.74, 6) is -0.470. The van der Waals surface area contributed by atoms with Gasteiger partial charge in [-0.3, -0.25) is 9.69 Å². The second-order valence-electron chi connectivity index (χ2n) is 5.68. The van der Waals surface area contributed by atoms with Crippen molar-refractivity contribution in [2.45, 2.75) is 59.9 Å². The normalized spacial score (nSPS) is 12.0. The molecule has 0 aliphatic carbocycles. The number of carbonyl (C=O) groups excluding carboxylic acids is 1. The van der Waals surface area contributed by atoms with Gasteiger partial charge in [-0.1, -0.05) is 33.8 Å². The fraction of sp³-hybridized carbons (Fsp3) is 0.611. The third kappa shape index (κ3) is 3.18. The largest absolute Gasteiger partial charge is 0.292 e. The number of Topliss-reactive ketones (excluding diaryl/α,β-unsaturated/α-hetero) is 1. The Morgan fingerprint density at radius 3 is 2.00 bits per heavy atom. The summed E-state index contributed by atoms with van der Waals surface area (Å²) >= 11 is 0. The van der Waals surface area contributed by atoms with Crippen LogP contribution >= 0.6 is 0 Å². The molecule has 3 heteroatoms. The van der Waals surface area contributed by atoms with E-state index in [-0.39, 0.29) is 11.3 Å². The van der Waals surface area contributed by atoms with Crippen molar-refractivity contribution >= 4 is 5.78 Å². The number of carbonyl (C=O) groups is 1. The first-order valence-electron chi connectivity index (χ1n) is 7.94. The Kier molecular flexibility index (Phi) is 6.09. The van der Waals surface area contributed by atoms with Crippen molar-refractivity contribution in [2.75, 3.05) is 13.1 Å². The molecular weight excluding hydrogens is 265 g/mol. The maximum absolute atomic E-state index is 14.4. The highest BCUT2D eigenvalue weighted by Crippen LogP contribution is 2.31. The molecule has 0 spiro atoms. The zero-order chi connectivity index (χ0) is 16.2. The molecule has 0 radical (unpaired) electrons. The fourth-order valence-electron chi connectivity index (χ4n) is 3.43. The molecule has 0 unspecified atom stereocenters. The molecule has 1 rings (SSSR count). The van der Waals surface area contributed by atoms with Crippen molar-refractivity contribution in [2.24, 2.45) is 0 Å². The third-order valence-corrected chi connectivity index (χ3v) is 4.62. The SMILES string of the molecule is CCN(CC)C(CC)(CC)C(=O)c1c(C)cc(C)cc1F. The van der Waals surface area contributed by atoms with E-state index in [9.17, 15) is 9.18 Å². The lowest BCUT2D eigenvalue weighted by Gasteiger charge is -2.41. The third-order valence-electron chi connectivity index (χ3n) is 4.62. The van der Waals surface area contributed by atoms with E-state index in [1.165, 1.54) is 6.07 Å². The predicted octanol–water partition coefficient (Wildman–Crippen LogP) is 4.53. The lowest BCUT2D eigenvalue weighted by Crippen LogP contribution is -2.54. The van der Waals surface area contributed by atoms with Gasteiger partial charge in [0.05, 0.1) is 11.1 Å². The summed E-state index contributed by atoms with van der Waals surface area (Å²) in [5, 5.41) is 0. The summed E-state index contributed by atoms with van der Waals surface area (Å²) in [6, 6.07) is 3.34. The molecule has 0 aliphatic rings. The Morgan fingerprint density at radius 2 is 1.62 bits per heavy atom. The quantitative estimate of drug-likeness (QED) is 0.689. The molecule has 118 valence electrons. The molecule has 0 bridgehead atoms. The van der Waals surface area contributed by atoms with E-state index in [1.807, 2.05) is 33.8 Å². The maximum atomic E-state index is 14.4. The number of likely N-dealkylation sites (N-methyl/N-ethyl adjacent to an activating group) is 1. The smallest absolute Gasteiger partial charge is 0.186 e. The standard InChI is InChI=1S/C18H28FNO/c1-7-18(8-2,20(9-3)10-4)17(21)16-14(6)11-13(5)12-15(16)19/h11-12H,7-10H2,1-6H3. The second kappa shape index (κ2) is 7.17. The van der Waals surface area contributed by atoms with Crippen LogP contribution in [-0.2, 0) is 0 Å². The predicted molar refractivity (Wildman–Crippen MR) is 86.4 cm³/mol. The Balaban J connectivity index is 3.44. The minimum Gasteiger partial charge on any atom is -0.292 e. The van der Waals surface area contributed by atoms with Crippen LogP contribution in [0.5, 0.6) is 0 Å². The van der Waals surface area contributed by atoms with Gasteiger partial charge in [-0.15, -0.1) is 0 Å². The Morgan fingerprint density at radius 1 is 1.10 bits per heavy atom. The van der Waals surface area contributed by atoms with Gasteiger partial charge in [-0.2, -0.15) is 0 Å². The summed E-state index contributed by atoms with van der Waals surface area (Å²) in [7, 11) is 0. The van der Waals surface area contributed by atoms with Crippen molar-refractivity contribution in [3.63, 3.8) is 0 Å². The van der Waals surface area contributed by atoms with E-state index >= 15 is 0 Å². The summed E-state index contributed by atoms with van der Waals surface area (Å²) in [6.07, 6.45) is 1.38. The van der Waals surface area contributed by atoms with E-state index in [0.717, 1.165) is 24.2 Å². The number of hydrogen-bond donors (Lipinski definition) is 0. The lowest BCUT2D eigenvalue weighted by atomic mass is 9.80. The molecule has 0 atom stereocenters. The van der Waals surface area contributed by atoms with Gasteiger partial charge in [-0.25, -0.2) is 4.39 Å². The topological polar surface area (TPSA) is 20.3 Å². The number of nitrogens with zero attached hydrogens (tertiary/aromatic N) is 1. The van der Waals surface area contributed by atoms with Crippen molar-refractivity contribution in [3.8, 4) is 0 Å². The van der Waals surface area contributed by atoms with Gasteiger partial charge in [-0.05, 0) is 57.0 Å². The van der Waals surface area contributed by atoms with Crippen molar-refractivity contribution < 1.29 is 9.18 Å². The summed E-state index contributed by atoms with van der Waals surface area (Å²) in [6.45, 7) is 13.4. The van der Waals surface area contributed by atoms with Gasteiger partial charge in [0.15, 0.2) is 5.78 Å². The zero-order valence-electron chi connectivity index (χ0n) is 14.2. The molecule has 0 saturated carbocycles. The zero-order valence-corrected chi connectivity index (χ0v) is 14.2. The van der Waals surface area contributed by atoms with Gasteiger partial charge >= 0.3 is 0 Å². The highest BCUT2D eigenvalue weighted by molar-refractivity contribution is 6.04. The number of benzene rings is 1. The van der Waals surface area contributed by atoms with Gasteiger partial charge in [0.2, 0.25) is 0 Å². The van der Waals surface area contributed by atoms with E-state index in [0.29, 0.717) is 12.8 Å². The molecule has 0 aromatic heterocycles. The van der Waals surface area contributed by atoms with Crippen LogP contribution in [0.1, 0.15) is 62.0 Å². The molecule has 21 heavy (non-hydrogen) atoms. The number of halogens is 1. The minimum atomic E-state index is -0.607. The van der Waals surface area contributed by atoms with Gasteiger partial charge < -0.3 is 0 Å². The molecule has 1 aromatic rings. The molecule has 2 nitrogen and oxygen atoms in total. The lowest BCUT2D eigenvalue weighted by molar-refractivity contribution is 0.0530. The Labute approximate surface area is 128 Å². The molecule has 0 saturated heterocycles. The number of ketones is 1. The maximum Gasteiger partial charge on any atom is 0.186 e. The molecule has 0 aliphatic heterocycles. The van der Waals surface area contributed by atoms with Crippen LogP contribution < -0.4 is 0 Å². The first-order valence-corrected chi connectivity index (χ1v) is 7.94. The van der Waals surface area contributed by atoms with Crippen molar-refractivity contribution in [1.82, 2.24) is 4.90 Å². The molecule has 0 fully saturated rings. The number of aryl methyl sites for hydroxylation is 2. The van der Waals surface area contributed by atoms with Crippen LogP contribution in [0.15, 0.2) is 12.1 Å². The van der Waals surface area contributed by atoms with Crippen LogP contribution in [0.4, 0.5) is 4.39 Å². The highest BCUT2D eigenvalue weighted by Gasteiger charge is 2.41. The van der Waals surface area contributed by atoms with Crippen LogP contribution in [0.2, 0.25) is 0 Å². The average molecular weight is 293 g/mol. The van der Waals surface area contributed by atoms with E-state index in [4.69, 9.17) is 0 Å². The molecule has 0 amide bonds.